The maximum absolute atomic E-state index is 12.2. The number of fused-ring (bicyclic) bond motifs is 1. The van der Waals surface area contributed by atoms with Crippen LogP contribution in [0.5, 0.6) is 0 Å². The van der Waals surface area contributed by atoms with E-state index in [2.05, 4.69) is 33.4 Å². The summed E-state index contributed by atoms with van der Waals surface area (Å²) in [6.45, 7) is 2.52. The zero-order valence-corrected chi connectivity index (χ0v) is 24.0. The highest BCUT2D eigenvalue weighted by molar-refractivity contribution is 7.88. The molecule has 2 aliphatic rings. The molecule has 2 N–H and O–H groups in total. The van der Waals surface area contributed by atoms with Crippen molar-refractivity contribution in [1.29, 1.82) is 5.26 Å². The van der Waals surface area contributed by atoms with E-state index >= 15 is 0 Å². The SMILES string of the molecule is CS(=O)(=O)N(CCO)[C@H]1CC[C@H](Nc2nccc(-n3ccc4c(N5CCN(C(=O)CC#N)CC5)cccc43)n2)CC1. The number of amides is 1. The van der Waals surface area contributed by atoms with E-state index in [-0.39, 0.29) is 37.6 Å². The van der Waals surface area contributed by atoms with E-state index in [0.717, 1.165) is 35.2 Å². The molecule has 0 unspecified atom stereocenters. The van der Waals surface area contributed by atoms with Crippen molar-refractivity contribution in [2.45, 2.75) is 44.2 Å². The van der Waals surface area contributed by atoms with E-state index in [1.54, 1.807) is 11.1 Å². The Hall–Kier alpha value is -3.73. The number of piperazine rings is 1. The molecule has 0 radical (unpaired) electrons. The van der Waals surface area contributed by atoms with Crippen molar-refractivity contribution >= 4 is 38.5 Å². The zero-order valence-electron chi connectivity index (χ0n) is 23.2. The molecule has 41 heavy (non-hydrogen) atoms. The first-order valence-electron chi connectivity index (χ1n) is 14.0. The van der Waals surface area contributed by atoms with Crippen molar-refractivity contribution < 1.29 is 18.3 Å². The molecule has 1 saturated carbocycles. The topological polar surface area (TPSA) is 148 Å². The van der Waals surface area contributed by atoms with Crippen molar-refractivity contribution in [2.24, 2.45) is 0 Å². The zero-order chi connectivity index (χ0) is 29.0. The number of benzene rings is 1. The van der Waals surface area contributed by atoms with Gasteiger partial charge in [-0.2, -0.15) is 14.6 Å². The van der Waals surface area contributed by atoms with Gasteiger partial charge in [-0.3, -0.25) is 4.79 Å². The molecule has 1 aromatic carbocycles. The second-order valence-corrected chi connectivity index (χ2v) is 12.5. The van der Waals surface area contributed by atoms with Gasteiger partial charge in [0.05, 0.1) is 24.4 Å². The van der Waals surface area contributed by atoms with Crippen molar-refractivity contribution in [3.05, 3.63) is 42.7 Å². The van der Waals surface area contributed by atoms with Crippen LogP contribution in [0.2, 0.25) is 0 Å². The lowest BCUT2D eigenvalue weighted by atomic mass is 9.91. The fraction of sp³-hybridized carbons (Fsp3) is 0.500. The van der Waals surface area contributed by atoms with Crippen molar-refractivity contribution in [2.75, 3.05) is 55.8 Å². The average Bonchev–Trinajstić information content (AvgIpc) is 3.41. The molecule has 218 valence electrons. The summed E-state index contributed by atoms with van der Waals surface area (Å²) in [5.74, 6) is 1.15. The Balaban J connectivity index is 1.26. The highest BCUT2D eigenvalue weighted by atomic mass is 32.2. The second kappa shape index (κ2) is 12.4. The lowest BCUT2D eigenvalue weighted by Crippen LogP contribution is -2.48. The Morgan fingerprint density at radius 1 is 1.15 bits per heavy atom. The number of hydrogen-bond donors (Lipinski definition) is 2. The number of sulfonamides is 1. The number of carbonyl (C=O) groups excluding carboxylic acids is 1. The highest BCUT2D eigenvalue weighted by Crippen LogP contribution is 2.31. The molecular formula is C28H36N8O4S. The van der Waals surface area contributed by atoms with Gasteiger partial charge in [-0.25, -0.2) is 13.4 Å². The van der Waals surface area contributed by atoms with Gasteiger partial charge in [-0.15, -0.1) is 0 Å². The van der Waals surface area contributed by atoms with Crippen molar-refractivity contribution in [3.63, 3.8) is 0 Å². The van der Waals surface area contributed by atoms with Crippen molar-refractivity contribution in [3.8, 4) is 11.9 Å². The van der Waals surface area contributed by atoms with Crippen LogP contribution in [0.15, 0.2) is 42.7 Å². The summed E-state index contributed by atoms with van der Waals surface area (Å²) in [5.41, 5.74) is 2.11. The second-order valence-electron chi connectivity index (χ2n) is 10.6. The monoisotopic (exact) mass is 580 g/mol. The molecule has 3 heterocycles. The van der Waals surface area contributed by atoms with Gasteiger partial charge in [0.2, 0.25) is 21.9 Å². The van der Waals surface area contributed by atoms with Crippen LogP contribution in [-0.2, 0) is 14.8 Å². The maximum atomic E-state index is 12.2. The summed E-state index contributed by atoms with van der Waals surface area (Å²) < 4.78 is 27.8. The molecule has 1 amide bonds. The molecular weight excluding hydrogens is 544 g/mol. The first-order chi connectivity index (χ1) is 19.8. The van der Waals surface area contributed by atoms with Gasteiger partial charge in [-0.05, 0) is 49.9 Å². The molecule has 13 heteroatoms. The quantitative estimate of drug-likeness (QED) is 0.388. The lowest BCUT2D eigenvalue weighted by Gasteiger charge is -2.36. The normalized spacial score (nSPS) is 19.9. The van der Waals surface area contributed by atoms with Gasteiger partial charge in [0, 0.05) is 68.3 Å². The van der Waals surface area contributed by atoms with Crippen LogP contribution >= 0.6 is 0 Å². The highest BCUT2D eigenvalue weighted by Gasteiger charge is 2.31. The molecule has 1 aliphatic carbocycles. The van der Waals surface area contributed by atoms with Crippen molar-refractivity contribution in [1.82, 2.24) is 23.7 Å². The van der Waals surface area contributed by atoms with E-state index in [0.29, 0.717) is 45.0 Å². The van der Waals surface area contributed by atoms with Gasteiger partial charge in [0.25, 0.3) is 0 Å². The minimum Gasteiger partial charge on any atom is -0.395 e. The number of aliphatic hydroxyl groups excluding tert-OH is 1. The standard InChI is InChI=1S/C28H36N8O4S/c1-41(39,40)36(19-20-37)22-7-5-21(6-8-22)31-28-30-13-10-26(32-28)35-14-11-23-24(3-2-4-25(23)35)33-15-17-34(18-16-33)27(38)9-12-29/h2-4,10-11,13-14,21-22,37H,5-9,15-20H2,1H3,(H,30,31,32)/t21-,22-. The Bertz CT molecular complexity index is 1520. The molecule has 1 saturated heterocycles. The average molecular weight is 581 g/mol. The molecule has 2 fully saturated rings. The fourth-order valence-electron chi connectivity index (χ4n) is 5.96. The summed E-state index contributed by atoms with van der Waals surface area (Å²) in [6, 6.07) is 12.1. The van der Waals surface area contributed by atoms with Gasteiger partial charge in [0.1, 0.15) is 12.2 Å². The predicted molar refractivity (Wildman–Crippen MR) is 156 cm³/mol. The first-order valence-corrected chi connectivity index (χ1v) is 15.8. The lowest BCUT2D eigenvalue weighted by molar-refractivity contribution is -0.130. The van der Waals surface area contributed by atoms with E-state index in [1.807, 2.05) is 29.0 Å². The predicted octanol–water partition coefficient (Wildman–Crippen LogP) is 1.96. The summed E-state index contributed by atoms with van der Waals surface area (Å²) in [5, 5.41) is 22.7. The number of nitriles is 1. The Morgan fingerprint density at radius 3 is 2.59 bits per heavy atom. The fourth-order valence-corrected chi connectivity index (χ4v) is 7.13. The number of rotatable bonds is 9. The Kier molecular flexibility index (Phi) is 8.72. The first kappa shape index (κ1) is 28.8. The van der Waals surface area contributed by atoms with Gasteiger partial charge in [0.15, 0.2) is 0 Å². The molecule has 12 nitrogen and oxygen atoms in total. The van der Waals surface area contributed by atoms with Crippen LogP contribution in [0.3, 0.4) is 0 Å². The van der Waals surface area contributed by atoms with Gasteiger partial charge in [-0.1, -0.05) is 6.07 Å². The van der Waals surface area contributed by atoms with Crippen LogP contribution in [0.4, 0.5) is 11.6 Å². The third-order valence-electron chi connectivity index (χ3n) is 7.98. The largest absolute Gasteiger partial charge is 0.395 e. The number of nitrogens with one attached hydrogen (secondary N) is 1. The summed E-state index contributed by atoms with van der Waals surface area (Å²) in [6.07, 6.45) is 7.81. The van der Waals surface area contributed by atoms with Crippen LogP contribution in [0.1, 0.15) is 32.1 Å². The molecule has 0 bridgehead atoms. The van der Waals surface area contributed by atoms with Gasteiger partial charge < -0.3 is 24.8 Å². The number of carbonyl (C=O) groups is 1. The Labute approximate surface area is 240 Å². The number of nitrogens with zero attached hydrogens (tertiary/aromatic N) is 7. The number of anilines is 2. The van der Waals surface area contributed by atoms with E-state index < -0.39 is 10.0 Å². The number of hydrogen-bond acceptors (Lipinski definition) is 9. The van der Waals surface area contributed by atoms with Gasteiger partial charge >= 0.3 is 0 Å². The summed E-state index contributed by atoms with van der Waals surface area (Å²) >= 11 is 0. The molecule has 5 rings (SSSR count). The third kappa shape index (κ3) is 6.45. The number of aromatic nitrogens is 3. The minimum atomic E-state index is -3.37. The van der Waals surface area contributed by atoms with E-state index in [1.165, 1.54) is 10.6 Å². The molecule has 0 atom stereocenters. The van der Waals surface area contributed by atoms with Crippen LogP contribution in [-0.4, -0.2) is 101 Å². The summed E-state index contributed by atoms with van der Waals surface area (Å²) in [4.78, 5) is 25.4. The van der Waals surface area contributed by atoms with E-state index in [9.17, 15) is 18.3 Å². The molecule has 2 aromatic heterocycles. The molecule has 0 spiro atoms. The minimum absolute atomic E-state index is 0.0815. The van der Waals surface area contributed by atoms with E-state index in [4.69, 9.17) is 10.2 Å². The third-order valence-corrected chi connectivity index (χ3v) is 9.32. The van der Waals surface area contributed by atoms with Crippen LogP contribution < -0.4 is 10.2 Å². The Morgan fingerprint density at radius 2 is 1.90 bits per heavy atom. The smallest absolute Gasteiger partial charge is 0.236 e. The van der Waals surface area contributed by atoms with Crippen LogP contribution in [0, 0.1) is 11.3 Å². The maximum Gasteiger partial charge on any atom is 0.236 e. The molecule has 1 aliphatic heterocycles. The summed E-state index contributed by atoms with van der Waals surface area (Å²) in [7, 11) is -3.37. The number of aliphatic hydroxyl groups is 1. The van der Waals surface area contributed by atoms with Crippen LogP contribution in [0.25, 0.3) is 16.7 Å². The molecule has 3 aromatic rings.